The molecule has 0 spiro atoms. The molecular weight excluding hydrogens is 352 g/mol. The van der Waals surface area contributed by atoms with Crippen molar-refractivity contribution in [3.05, 3.63) is 34.0 Å². The molecule has 8 nitrogen and oxygen atoms in total. The topological polar surface area (TPSA) is 131 Å². The molecular formula is C14H20N4O4S2. The molecule has 2 aromatic heterocycles. The fourth-order valence-electron chi connectivity index (χ4n) is 2.00. The van der Waals surface area contributed by atoms with E-state index < -0.39 is 16.9 Å². The molecule has 132 valence electrons. The Labute approximate surface area is 146 Å². The summed E-state index contributed by atoms with van der Waals surface area (Å²) in [6.45, 7) is 1.20. The first-order valence-corrected chi connectivity index (χ1v) is 9.45. The van der Waals surface area contributed by atoms with Gasteiger partial charge < -0.3 is 24.7 Å². The Bertz CT molecular complexity index is 763. The Hall–Kier alpha value is -1.75. The van der Waals surface area contributed by atoms with Crippen molar-refractivity contribution in [2.24, 2.45) is 4.99 Å². The molecule has 0 bridgehead atoms. The van der Waals surface area contributed by atoms with Crippen molar-refractivity contribution in [3.8, 4) is 0 Å². The van der Waals surface area contributed by atoms with Crippen LogP contribution in [0.15, 0.2) is 21.5 Å². The second-order valence-corrected chi connectivity index (χ2v) is 7.56. The van der Waals surface area contributed by atoms with Crippen LogP contribution in [-0.4, -0.2) is 51.3 Å². The van der Waals surface area contributed by atoms with Gasteiger partial charge in [0, 0.05) is 5.75 Å². The zero-order chi connectivity index (χ0) is 17.7. The average Bonchev–Trinajstić information content (AvgIpc) is 3.02. The quantitative estimate of drug-likeness (QED) is 0.473. The lowest BCUT2D eigenvalue weighted by molar-refractivity contribution is 0.0702. The third-order valence-electron chi connectivity index (χ3n) is 3.01. The van der Waals surface area contributed by atoms with Gasteiger partial charge in [0.1, 0.15) is 17.2 Å². The Kier molecular flexibility index (Phi) is 6.49. The standard InChI is InChI=1S/C14H20N4O4S2/c1-18(2)7-9-3-4-10(22-9)8-23-6-5-16-13-11(15)12(14(19)20)24(21)17-13/h3-4H,5-8,15H2,1-2H3,(H,16,17)(H,19,20). The van der Waals surface area contributed by atoms with E-state index in [9.17, 15) is 9.35 Å². The SMILES string of the molecule is CN(C)Cc1ccc(CSCCN=c2[nH][s+]([O-])c(C(=O)O)c2N)o1. The van der Waals surface area contributed by atoms with E-state index in [0.29, 0.717) is 12.3 Å². The monoisotopic (exact) mass is 372 g/mol. The van der Waals surface area contributed by atoms with Gasteiger partial charge in [0.05, 0.1) is 29.8 Å². The first kappa shape index (κ1) is 18.6. The fraction of sp³-hybridized carbons (Fsp3) is 0.429. The molecule has 1 atom stereocenters. The van der Waals surface area contributed by atoms with E-state index in [-0.39, 0.29) is 16.1 Å². The van der Waals surface area contributed by atoms with Gasteiger partial charge in [-0.05, 0) is 26.2 Å². The van der Waals surface area contributed by atoms with Gasteiger partial charge in [-0.3, -0.25) is 4.99 Å². The lowest BCUT2D eigenvalue weighted by Crippen LogP contribution is -2.11. The number of aromatic amines is 1. The van der Waals surface area contributed by atoms with Gasteiger partial charge in [-0.2, -0.15) is 16.1 Å². The predicted octanol–water partition coefficient (Wildman–Crippen LogP) is 1.51. The number of furan rings is 1. The third kappa shape index (κ3) is 4.87. The van der Waals surface area contributed by atoms with Crippen LogP contribution in [0.1, 0.15) is 21.2 Å². The average molecular weight is 372 g/mol. The Morgan fingerprint density at radius 3 is 2.83 bits per heavy atom. The molecule has 2 aromatic rings. The van der Waals surface area contributed by atoms with Crippen molar-refractivity contribution in [2.75, 3.05) is 32.1 Å². The number of aromatic carboxylic acids is 1. The summed E-state index contributed by atoms with van der Waals surface area (Å²) in [5.74, 6) is 1.95. The predicted molar refractivity (Wildman–Crippen MR) is 93.5 cm³/mol. The third-order valence-corrected chi connectivity index (χ3v) is 5.11. The van der Waals surface area contributed by atoms with Crippen LogP contribution in [0.2, 0.25) is 0 Å². The number of hydrogen-bond donors (Lipinski definition) is 3. The minimum atomic E-state index is -1.84. The van der Waals surface area contributed by atoms with Gasteiger partial charge in [0.25, 0.3) is 0 Å². The fourth-order valence-corrected chi connectivity index (χ4v) is 3.63. The molecule has 0 aliphatic carbocycles. The van der Waals surface area contributed by atoms with Gasteiger partial charge in [-0.25, -0.2) is 4.79 Å². The number of rotatable bonds is 8. The van der Waals surface area contributed by atoms with Gasteiger partial charge in [0.15, 0.2) is 5.49 Å². The summed E-state index contributed by atoms with van der Waals surface area (Å²) in [5.41, 5.74) is 5.76. The molecule has 0 aromatic carbocycles. The summed E-state index contributed by atoms with van der Waals surface area (Å²) in [5, 5.41) is 8.92. The number of hydrogen-bond acceptors (Lipinski definition) is 7. The van der Waals surface area contributed by atoms with Crippen LogP contribution in [0.4, 0.5) is 5.69 Å². The highest BCUT2D eigenvalue weighted by molar-refractivity contribution is 7.98. The maximum absolute atomic E-state index is 11.6. The summed E-state index contributed by atoms with van der Waals surface area (Å²) < 4.78 is 19.7. The number of carboxylic acid groups (broad SMARTS) is 1. The van der Waals surface area contributed by atoms with Crippen molar-refractivity contribution in [1.29, 1.82) is 0 Å². The van der Waals surface area contributed by atoms with Crippen molar-refractivity contribution in [2.45, 2.75) is 12.3 Å². The highest BCUT2D eigenvalue weighted by atomic mass is 32.2. The number of nitrogens with one attached hydrogen (secondary N) is 1. The smallest absolute Gasteiger partial charge is 0.393 e. The van der Waals surface area contributed by atoms with Crippen molar-refractivity contribution in [1.82, 2.24) is 9.27 Å². The molecule has 2 heterocycles. The maximum atomic E-state index is 11.6. The number of nitrogens with two attached hydrogens (primary N) is 1. The number of carbonyl (C=O) groups is 1. The molecule has 1 unspecified atom stereocenters. The van der Waals surface area contributed by atoms with Gasteiger partial charge >= 0.3 is 10.8 Å². The zero-order valence-corrected chi connectivity index (χ0v) is 15.1. The largest absolute Gasteiger partial charge is 0.570 e. The van der Waals surface area contributed by atoms with Gasteiger partial charge in [-0.1, -0.05) is 0 Å². The highest BCUT2D eigenvalue weighted by Crippen LogP contribution is 2.20. The number of nitrogen functional groups attached to an aromatic ring is 1. The second kappa shape index (κ2) is 8.38. The Morgan fingerprint density at radius 1 is 1.50 bits per heavy atom. The van der Waals surface area contributed by atoms with Crippen LogP contribution in [0.25, 0.3) is 0 Å². The summed E-state index contributed by atoms with van der Waals surface area (Å²) in [6.07, 6.45) is 0. The van der Waals surface area contributed by atoms with E-state index in [1.54, 1.807) is 11.8 Å². The molecule has 0 radical (unpaired) electrons. The molecule has 4 N–H and O–H groups in total. The van der Waals surface area contributed by atoms with Crippen LogP contribution in [0.5, 0.6) is 0 Å². The Morgan fingerprint density at radius 2 is 2.21 bits per heavy atom. The summed E-state index contributed by atoms with van der Waals surface area (Å²) >= 11 is 1.64. The van der Waals surface area contributed by atoms with Crippen LogP contribution in [0.3, 0.4) is 0 Å². The summed E-state index contributed by atoms with van der Waals surface area (Å²) in [4.78, 5) is 16.8. The van der Waals surface area contributed by atoms with E-state index in [1.807, 2.05) is 31.1 Å². The first-order chi connectivity index (χ1) is 11.4. The number of aromatic nitrogens is 1. The number of nitrogens with zero attached hydrogens (tertiary/aromatic N) is 2. The van der Waals surface area contributed by atoms with E-state index in [0.717, 1.165) is 23.8 Å². The molecule has 10 heteroatoms. The lowest BCUT2D eigenvalue weighted by Gasteiger charge is -2.05. The number of H-pyrrole nitrogens is 1. The molecule has 0 fully saturated rings. The van der Waals surface area contributed by atoms with Crippen molar-refractivity contribution < 1.29 is 18.9 Å². The second-order valence-electron chi connectivity index (χ2n) is 5.31. The van der Waals surface area contributed by atoms with Crippen LogP contribution in [-0.2, 0) is 12.3 Å². The van der Waals surface area contributed by atoms with E-state index in [2.05, 4.69) is 9.37 Å². The summed E-state index contributed by atoms with van der Waals surface area (Å²) in [6, 6.07) is 3.92. The van der Waals surface area contributed by atoms with E-state index in [1.165, 1.54) is 0 Å². The normalized spacial score (nSPS) is 13.0. The molecule has 2 rings (SSSR count). The number of carboxylic acids is 1. The molecule has 0 aliphatic rings. The number of thioether (sulfide) groups is 1. The molecule has 24 heavy (non-hydrogen) atoms. The van der Waals surface area contributed by atoms with Gasteiger partial charge in [0.2, 0.25) is 0 Å². The highest BCUT2D eigenvalue weighted by Gasteiger charge is 2.23. The van der Waals surface area contributed by atoms with Crippen molar-refractivity contribution in [3.63, 3.8) is 0 Å². The minimum Gasteiger partial charge on any atom is -0.570 e. The van der Waals surface area contributed by atoms with E-state index in [4.69, 9.17) is 15.3 Å². The maximum Gasteiger partial charge on any atom is 0.393 e. The first-order valence-electron chi connectivity index (χ1n) is 7.15. The van der Waals surface area contributed by atoms with Crippen LogP contribution in [0, 0.1) is 0 Å². The Balaban J connectivity index is 1.84. The molecule has 0 saturated carbocycles. The minimum absolute atomic E-state index is 0.0646. The van der Waals surface area contributed by atoms with Crippen LogP contribution < -0.4 is 11.2 Å². The van der Waals surface area contributed by atoms with Gasteiger partial charge in [-0.15, -0.1) is 0 Å². The zero-order valence-electron chi connectivity index (χ0n) is 13.4. The van der Waals surface area contributed by atoms with Crippen molar-refractivity contribution >= 4 is 34.4 Å². The molecule has 0 aliphatic heterocycles. The lowest BCUT2D eigenvalue weighted by atomic mass is 10.4. The number of anilines is 1. The molecule has 0 amide bonds. The summed E-state index contributed by atoms with van der Waals surface area (Å²) in [7, 11) is 2.12. The van der Waals surface area contributed by atoms with E-state index >= 15 is 0 Å². The van der Waals surface area contributed by atoms with Crippen LogP contribution >= 0.6 is 22.7 Å². The molecule has 0 saturated heterocycles.